The largest absolute Gasteiger partial charge is 0.393 e. The lowest BCUT2D eigenvalue weighted by molar-refractivity contribution is 0.0769. The molecule has 0 bridgehead atoms. The van der Waals surface area contributed by atoms with Crippen LogP contribution in [0.15, 0.2) is 24.3 Å². The fourth-order valence-corrected chi connectivity index (χ4v) is 3.01. The Kier molecular flexibility index (Phi) is 6.63. The normalized spacial score (nSPS) is 17.2. The highest BCUT2D eigenvalue weighted by atomic mass is 16.3. The number of anilines is 1. The predicted octanol–water partition coefficient (Wildman–Crippen LogP) is 2.06. The molecule has 1 aromatic rings. The molecule has 1 atom stereocenters. The van der Waals surface area contributed by atoms with Crippen LogP contribution in [-0.4, -0.2) is 72.7 Å². The van der Waals surface area contributed by atoms with Crippen LogP contribution < -0.4 is 4.90 Å². The molecule has 1 unspecified atom stereocenters. The van der Waals surface area contributed by atoms with E-state index in [1.54, 1.807) is 18.9 Å². The van der Waals surface area contributed by atoms with Gasteiger partial charge < -0.3 is 14.9 Å². The van der Waals surface area contributed by atoms with E-state index in [9.17, 15) is 9.90 Å². The van der Waals surface area contributed by atoms with Gasteiger partial charge in [0.1, 0.15) is 0 Å². The van der Waals surface area contributed by atoms with Crippen molar-refractivity contribution in [3.8, 4) is 0 Å². The van der Waals surface area contributed by atoms with E-state index in [-0.39, 0.29) is 12.0 Å². The fraction of sp³-hybridized carbons (Fsp3) is 0.632. The Balaban J connectivity index is 1.92. The Morgan fingerprint density at radius 3 is 2.21 bits per heavy atom. The lowest BCUT2D eigenvalue weighted by atomic mass is 10.1. The molecule has 5 heteroatoms. The van der Waals surface area contributed by atoms with Gasteiger partial charge in [0.25, 0.3) is 5.91 Å². The highest BCUT2D eigenvalue weighted by Crippen LogP contribution is 2.19. The highest BCUT2D eigenvalue weighted by Gasteiger charge is 2.19. The average Bonchev–Trinajstić information content (AvgIpc) is 2.59. The number of carbonyl (C=O) groups excluding carboxylic acids is 1. The fourth-order valence-electron chi connectivity index (χ4n) is 3.01. The van der Waals surface area contributed by atoms with Crippen molar-refractivity contribution < 1.29 is 9.90 Å². The Labute approximate surface area is 145 Å². The molecule has 0 aliphatic carbocycles. The van der Waals surface area contributed by atoms with Gasteiger partial charge in [-0.3, -0.25) is 9.69 Å². The Bertz CT molecular complexity index is 520. The van der Waals surface area contributed by atoms with Gasteiger partial charge in [0.15, 0.2) is 0 Å². The number of amides is 1. The van der Waals surface area contributed by atoms with Gasteiger partial charge in [-0.15, -0.1) is 0 Å². The average molecular weight is 333 g/mol. The summed E-state index contributed by atoms with van der Waals surface area (Å²) in [4.78, 5) is 18.9. The van der Waals surface area contributed by atoms with E-state index in [4.69, 9.17) is 0 Å². The molecule has 1 amide bonds. The summed E-state index contributed by atoms with van der Waals surface area (Å²) < 4.78 is 0. The van der Waals surface area contributed by atoms with Crippen LogP contribution in [0, 0.1) is 0 Å². The first-order valence-corrected chi connectivity index (χ1v) is 8.91. The first-order valence-electron chi connectivity index (χ1n) is 8.91. The van der Waals surface area contributed by atoms with E-state index >= 15 is 0 Å². The number of nitrogens with zero attached hydrogens (tertiary/aromatic N) is 3. The molecule has 0 radical (unpaired) electrons. The topological polar surface area (TPSA) is 47.0 Å². The van der Waals surface area contributed by atoms with Gasteiger partial charge in [-0.1, -0.05) is 0 Å². The van der Waals surface area contributed by atoms with Crippen molar-refractivity contribution in [3.63, 3.8) is 0 Å². The summed E-state index contributed by atoms with van der Waals surface area (Å²) in [6.45, 7) is 11.0. The third-order valence-corrected chi connectivity index (χ3v) is 4.75. The van der Waals surface area contributed by atoms with E-state index < -0.39 is 0 Å². The first-order chi connectivity index (χ1) is 11.4. The first kappa shape index (κ1) is 18.7. The lowest BCUT2D eigenvalue weighted by Gasteiger charge is -2.38. The van der Waals surface area contributed by atoms with Gasteiger partial charge >= 0.3 is 0 Å². The molecule has 1 aliphatic rings. The zero-order valence-electron chi connectivity index (χ0n) is 15.4. The summed E-state index contributed by atoms with van der Waals surface area (Å²) in [5.41, 5.74) is 1.88. The van der Waals surface area contributed by atoms with Crippen molar-refractivity contribution in [2.75, 3.05) is 44.7 Å². The molecule has 1 heterocycles. The second-order valence-corrected chi connectivity index (χ2v) is 7.03. The molecule has 0 saturated carbocycles. The zero-order valence-corrected chi connectivity index (χ0v) is 15.4. The molecule has 134 valence electrons. The standard InChI is InChI=1S/C19H31N3O2/c1-15(2)21-11-13-22(14-12-21)18-7-5-17(6-8-18)19(24)20(4)10-9-16(3)23/h5-8,15-16,23H,9-14H2,1-4H3. The summed E-state index contributed by atoms with van der Waals surface area (Å²) in [5.74, 6) is 0.00632. The zero-order chi connectivity index (χ0) is 17.7. The van der Waals surface area contributed by atoms with Gasteiger partial charge in [0.05, 0.1) is 6.10 Å². The third kappa shape index (κ3) is 4.95. The minimum absolute atomic E-state index is 0.00632. The summed E-state index contributed by atoms with van der Waals surface area (Å²) in [5, 5.41) is 9.34. The van der Waals surface area contributed by atoms with Crippen molar-refractivity contribution in [3.05, 3.63) is 29.8 Å². The van der Waals surface area contributed by atoms with Crippen LogP contribution >= 0.6 is 0 Å². The van der Waals surface area contributed by atoms with Crippen molar-refractivity contribution >= 4 is 11.6 Å². The van der Waals surface area contributed by atoms with Crippen LogP contribution in [0.1, 0.15) is 37.6 Å². The van der Waals surface area contributed by atoms with Gasteiger partial charge in [0.2, 0.25) is 0 Å². The van der Waals surface area contributed by atoms with Crippen LogP contribution in [-0.2, 0) is 0 Å². The van der Waals surface area contributed by atoms with E-state index in [0.717, 1.165) is 26.2 Å². The van der Waals surface area contributed by atoms with Crippen molar-refractivity contribution in [1.29, 1.82) is 0 Å². The molecule has 1 aliphatic heterocycles. The number of aliphatic hydroxyl groups excluding tert-OH is 1. The second-order valence-electron chi connectivity index (χ2n) is 7.03. The molecule has 1 fully saturated rings. The third-order valence-electron chi connectivity index (χ3n) is 4.75. The SMILES string of the molecule is CC(O)CCN(C)C(=O)c1ccc(N2CCN(C(C)C)CC2)cc1. The molecule has 1 aromatic carbocycles. The van der Waals surface area contributed by atoms with Crippen LogP contribution in [0.2, 0.25) is 0 Å². The molecular formula is C19H31N3O2. The molecule has 1 N–H and O–H groups in total. The van der Waals surface area contributed by atoms with Crippen molar-refractivity contribution in [1.82, 2.24) is 9.80 Å². The van der Waals surface area contributed by atoms with E-state index in [1.165, 1.54) is 5.69 Å². The molecule has 0 spiro atoms. The van der Waals surface area contributed by atoms with Gasteiger partial charge in [-0.2, -0.15) is 0 Å². The minimum atomic E-state index is -0.382. The van der Waals surface area contributed by atoms with Gasteiger partial charge in [0, 0.05) is 57.1 Å². The Hall–Kier alpha value is -1.59. The summed E-state index contributed by atoms with van der Waals surface area (Å²) >= 11 is 0. The van der Waals surface area contributed by atoms with E-state index in [2.05, 4.69) is 23.6 Å². The van der Waals surface area contributed by atoms with E-state index in [0.29, 0.717) is 24.6 Å². The number of rotatable bonds is 6. The maximum atomic E-state index is 12.4. The molecule has 1 saturated heterocycles. The number of benzene rings is 1. The van der Waals surface area contributed by atoms with Crippen LogP contribution in [0.3, 0.4) is 0 Å². The molecule has 2 rings (SSSR count). The Morgan fingerprint density at radius 1 is 1.12 bits per heavy atom. The van der Waals surface area contributed by atoms with Gasteiger partial charge in [-0.25, -0.2) is 0 Å². The number of hydrogen-bond acceptors (Lipinski definition) is 4. The molecule has 5 nitrogen and oxygen atoms in total. The monoisotopic (exact) mass is 333 g/mol. The quantitative estimate of drug-likeness (QED) is 0.866. The molecule has 0 aromatic heterocycles. The van der Waals surface area contributed by atoms with Crippen LogP contribution in [0.5, 0.6) is 0 Å². The summed E-state index contributed by atoms with van der Waals surface area (Å²) in [6.07, 6.45) is 0.215. The van der Waals surface area contributed by atoms with Crippen molar-refractivity contribution in [2.24, 2.45) is 0 Å². The summed E-state index contributed by atoms with van der Waals surface area (Å²) in [7, 11) is 1.78. The maximum Gasteiger partial charge on any atom is 0.253 e. The van der Waals surface area contributed by atoms with E-state index in [1.807, 2.05) is 24.3 Å². The highest BCUT2D eigenvalue weighted by molar-refractivity contribution is 5.94. The summed E-state index contributed by atoms with van der Waals surface area (Å²) in [6, 6.07) is 8.50. The Morgan fingerprint density at radius 2 is 1.71 bits per heavy atom. The van der Waals surface area contributed by atoms with Crippen molar-refractivity contribution in [2.45, 2.75) is 39.3 Å². The number of aliphatic hydroxyl groups is 1. The number of hydrogen-bond donors (Lipinski definition) is 1. The molecular weight excluding hydrogens is 302 g/mol. The smallest absolute Gasteiger partial charge is 0.253 e. The lowest BCUT2D eigenvalue weighted by Crippen LogP contribution is -2.48. The minimum Gasteiger partial charge on any atom is -0.393 e. The number of piperazine rings is 1. The molecule has 24 heavy (non-hydrogen) atoms. The maximum absolute atomic E-state index is 12.4. The van der Waals surface area contributed by atoms with Crippen LogP contribution in [0.4, 0.5) is 5.69 Å². The second kappa shape index (κ2) is 8.49. The van der Waals surface area contributed by atoms with Crippen LogP contribution in [0.25, 0.3) is 0 Å². The number of carbonyl (C=O) groups is 1. The van der Waals surface area contributed by atoms with Gasteiger partial charge in [-0.05, 0) is 51.5 Å². The predicted molar refractivity (Wildman–Crippen MR) is 98.6 cm³/mol.